The Morgan fingerprint density at radius 2 is 2.18 bits per heavy atom. The van der Waals surface area contributed by atoms with Gasteiger partial charge in [0.05, 0.1) is 10.7 Å². The van der Waals surface area contributed by atoms with Crippen molar-refractivity contribution in [2.24, 2.45) is 5.73 Å². The Morgan fingerprint density at radius 3 is 2.76 bits per heavy atom. The van der Waals surface area contributed by atoms with Crippen LogP contribution in [0, 0.1) is 0 Å². The fraction of sp³-hybridized carbons (Fsp3) is 0.417. The summed E-state index contributed by atoms with van der Waals surface area (Å²) >= 11 is 11.7. The normalized spacial score (nSPS) is 12.2. The number of nitrogens with two attached hydrogens (primary N) is 1. The van der Waals surface area contributed by atoms with Gasteiger partial charge in [-0.15, -0.1) is 0 Å². The number of amides is 1. The van der Waals surface area contributed by atoms with Crippen LogP contribution in [-0.2, 0) is 4.79 Å². The largest absolute Gasteiger partial charge is 0.327 e. The van der Waals surface area contributed by atoms with Crippen molar-refractivity contribution >= 4 is 34.8 Å². The second-order valence-corrected chi connectivity index (χ2v) is 4.77. The van der Waals surface area contributed by atoms with Crippen LogP contribution < -0.4 is 11.1 Å². The maximum Gasteiger partial charge on any atom is 0.225 e. The third-order valence-electron chi connectivity index (χ3n) is 2.31. The average Bonchev–Trinajstić information content (AvgIpc) is 2.22. The van der Waals surface area contributed by atoms with Crippen molar-refractivity contribution in [1.29, 1.82) is 0 Å². The highest BCUT2D eigenvalue weighted by Gasteiger charge is 2.10. The van der Waals surface area contributed by atoms with E-state index < -0.39 is 0 Å². The van der Waals surface area contributed by atoms with E-state index in [2.05, 4.69) is 5.32 Å². The van der Waals surface area contributed by atoms with Gasteiger partial charge in [-0.2, -0.15) is 0 Å². The van der Waals surface area contributed by atoms with E-state index in [1.165, 1.54) is 0 Å². The first-order valence-corrected chi connectivity index (χ1v) is 6.29. The summed E-state index contributed by atoms with van der Waals surface area (Å²) in [5.74, 6) is -0.129. The molecule has 3 N–H and O–H groups in total. The molecule has 17 heavy (non-hydrogen) atoms. The molecule has 0 bridgehead atoms. The number of anilines is 1. The molecular formula is C12H16Cl2N2O. The zero-order valence-electron chi connectivity index (χ0n) is 9.67. The molecule has 0 spiro atoms. The Morgan fingerprint density at radius 1 is 1.47 bits per heavy atom. The molecule has 1 atom stereocenters. The number of hydrogen-bond donors (Lipinski definition) is 2. The molecule has 94 valence electrons. The fourth-order valence-electron chi connectivity index (χ4n) is 1.50. The number of carbonyl (C=O) groups is 1. The van der Waals surface area contributed by atoms with Gasteiger partial charge in [0, 0.05) is 17.5 Å². The molecule has 1 unspecified atom stereocenters. The third-order valence-corrected chi connectivity index (χ3v) is 2.86. The van der Waals surface area contributed by atoms with Crippen LogP contribution >= 0.6 is 23.2 Å². The summed E-state index contributed by atoms with van der Waals surface area (Å²) in [6.45, 7) is 2.04. The van der Waals surface area contributed by atoms with Gasteiger partial charge < -0.3 is 11.1 Å². The number of halogens is 2. The minimum absolute atomic E-state index is 0.105. The molecule has 0 aliphatic heterocycles. The van der Waals surface area contributed by atoms with Crippen molar-refractivity contribution in [2.75, 3.05) is 5.32 Å². The zero-order valence-corrected chi connectivity index (χ0v) is 11.2. The van der Waals surface area contributed by atoms with E-state index in [-0.39, 0.29) is 11.9 Å². The Balaban J connectivity index is 2.56. The molecule has 0 saturated carbocycles. The Labute approximate surface area is 111 Å². The summed E-state index contributed by atoms with van der Waals surface area (Å²) < 4.78 is 0. The summed E-state index contributed by atoms with van der Waals surface area (Å²) in [4.78, 5) is 11.7. The molecule has 0 aromatic heterocycles. The maximum absolute atomic E-state index is 11.7. The standard InChI is InChI=1S/C12H16Cl2N2O/c1-2-3-9(15)7-12(17)16-11-5-4-8(13)6-10(11)14/h4-6,9H,2-3,7,15H2,1H3,(H,16,17). The van der Waals surface area contributed by atoms with E-state index >= 15 is 0 Å². The Hall–Kier alpha value is -0.770. The van der Waals surface area contributed by atoms with Crippen LogP contribution in [-0.4, -0.2) is 11.9 Å². The highest BCUT2D eigenvalue weighted by molar-refractivity contribution is 6.36. The second-order valence-electron chi connectivity index (χ2n) is 3.93. The van der Waals surface area contributed by atoms with E-state index in [9.17, 15) is 4.79 Å². The van der Waals surface area contributed by atoms with Gasteiger partial charge in [-0.1, -0.05) is 36.5 Å². The topological polar surface area (TPSA) is 55.1 Å². The van der Waals surface area contributed by atoms with Gasteiger partial charge in [0.2, 0.25) is 5.91 Å². The van der Waals surface area contributed by atoms with Crippen LogP contribution in [0.5, 0.6) is 0 Å². The van der Waals surface area contributed by atoms with Crippen LogP contribution in [0.2, 0.25) is 10.0 Å². The van der Waals surface area contributed by atoms with E-state index in [0.717, 1.165) is 12.8 Å². The Kier molecular flexibility index (Phi) is 5.75. The van der Waals surface area contributed by atoms with Crippen LogP contribution in [0.25, 0.3) is 0 Å². The smallest absolute Gasteiger partial charge is 0.225 e. The lowest BCUT2D eigenvalue weighted by Gasteiger charge is -2.11. The SMILES string of the molecule is CCCC(N)CC(=O)Nc1ccc(Cl)cc1Cl. The summed E-state index contributed by atoms with van der Waals surface area (Å²) in [7, 11) is 0. The molecule has 0 radical (unpaired) electrons. The number of hydrogen-bond acceptors (Lipinski definition) is 2. The van der Waals surface area contributed by atoms with Crippen molar-refractivity contribution in [2.45, 2.75) is 32.2 Å². The summed E-state index contributed by atoms with van der Waals surface area (Å²) in [5, 5.41) is 3.68. The van der Waals surface area contributed by atoms with Gasteiger partial charge in [0.15, 0.2) is 0 Å². The average molecular weight is 275 g/mol. The minimum Gasteiger partial charge on any atom is -0.327 e. The van der Waals surface area contributed by atoms with Crippen molar-refractivity contribution < 1.29 is 4.79 Å². The van der Waals surface area contributed by atoms with Gasteiger partial charge >= 0.3 is 0 Å². The molecule has 1 aromatic carbocycles. The van der Waals surface area contributed by atoms with E-state index in [4.69, 9.17) is 28.9 Å². The highest BCUT2D eigenvalue weighted by atomic mass is 35.5. The number of nitrogens with one attached hydrogen (secondary N) is 1. The third kappa shape index (κ3) is 4.94. The predicted octanol–water partition coefficient (Wildman–Crippen LogP) is 3.45. The molecular weight excluding hydrogens is 259 g/mol. The molecule has 0 fully saturated rings. The molecule has 0 saturated heterocycles. The van der Waals surface area contributed by atoms with Gasteiger partial charge in [-0.05, 0) is 24.6 Å². The lowest BCUT2D eigenvalue weighted by molar-refractivity contribution is -0.116. The highest BCUT2D eigenvalue weighted by Crippen LogP contribution is 2.25. The first-order chi connectivity index (χ1) is 8.02. The van der Waals surface area contributed by atoms with Crippen molar-refractivity contribution in [3.05, 3.63) is 28.2 Å². The summed E-state index contributed by atoms with van der Waals surface area (Å²) in [5.41, 5.74) is 6.35. The van der Waals surface area contributed by atoms with Crippen LogP contribution in [0.15, 0.2) is 18.2 Å². The van der Waals surface area contributed by atoms with Crippen molar-refractivity contribution in [3.8, 4) is 0 Å². The second kappa shape index (κ2) is 6.84. The van der Waals surface area contributed by atoms with E-state index in [1.807, 2.05) is 6.92 Å². The molecule has 3 nitrogen and oxygen atoms in total. The molecule has 1 aromatic rings. The fourth-order valence-corrected chi connectivity index (χ4v) is 1.96. The van der Waals surface area contributed by atoms with Gasteiger partial charge in [-0.3, -0.25) is 4.79 Å². The van der Waals surface area contributed by atoms with Gasteiger partial charge in [-0.25, -0.2) is 0 Å². The van der Waals surface area contributed by atoms with Crippen LogP contribution in [0.1, 0.15) is 26.2 Å². The molecule has 0 aliphatic carbocycles. The maximum atomic E-state index is 11.7. The molecule has 5 heteroatoms. The monoisotopic (exact) mass is 274 g/mol. The minimum atomic E-state index is -0.129. The van der Waals surface area contributed by atoms with E-state index in [1.54, 1.807) is 18.2 Å². The first kappa shape index (κ1) is 14.3. The summed E-state index contributed by atoms with van der Waals surface area (Å²) in [6.07, 6.45) is 2.10. The van der Waals surface area contributed by atoms with Gasteiger partial charge in [0.25, 0.3) is 0 Å². The molecule has 0 heterocycles. The Bertz CT molecular complexity index is 396. The molecule has 1 amide bonds. The van der Waals surface area contributed by atoms with E-state index in [0.29, 0.717) is 22.2 Å². The molecule has 1 rings (SSSR count). The predicted molar refractivity (Wildman–Crippen MR) is 72.6 cm³/mol. The van der Waals surface area contributed by atoms with Crippen molar-refractivity contribution in [1.82, 2.24) is 0 Å². The lowest BCUT2D eigenvalue weighted by atomic mass is 10.1. The van der Waals surface area contributed by atoms with Crippen LogP contribution in [0.4, 0.5) is 5.69 Å². The number of rotatable bonds is 5. The summed E-state index contributed by atoms with van der Waals surface area (Å²) in [6, 6.07) is 4.83. The quantitative estimate of drug-likeness (QED) is 0.864. The number of benzene rings is 1. The lowest BCUT2D eigenvalue weighted by Crippen LogP contribution is -2.26. The van der Waals surface area contributed by atoms with Gasteiger partial charge in [0.1, 0.15) is 0 Å². The first-order valence-electron chi connectivity index (χ1n) is 5.53. The number of carbonyl (C=O) groups excluding carboxylic acids is 1. The van der Waals surface area contributed by atoms with Crippen molar-refractivity contribution in [3.63, 3.8) is 0 Å². The zero-order chi connectivity index (χ0) is 12.8. The van der Waals surface area contributed by atoms with Crippen LogP contribution in [0.3, 0.4) is 0 Å². The molecule has 0 aliphatic rings.